The van der Waals surface area contributed by atoms with E-state index < -0.39 is 0 Å². The number of rotatable bonds is 2. The third-order valence-electron chi connectivity index (χ3n) is 4.07. The maximum atomic E-state index is 12.8. The highest BCUT2D eigenvalue weighted by molar-refractivity contribution is 7.14. The predicted molar refractivity (Wildman–Crippen MR) is 89.5 cm³/mol. The molecule has 0 spiro atoms. The van der Waals surface area contributed by atoms with Crippen LogP contribution in [0.1, 0.15) is 38.1 Å². The third kappa shape index (κ3) is 2.21. The molecule has 0 amide bonds. The molecule has 3 heterocycles. The van der Waals surface area contributed by atoms with Crippen LogP contribution in [-0.4, -0.2) is 17.4 Å². The first-order valence-electron chi connectivity index (χ1n) is 7.51. The zero-order valence-electron chi connectivity index (χ0n) is 12.9. The average Bonchev–Trinajstić information content (AvgIpc) is 3.04. The predicted octanol–water partition coefficient (Wildman–Crippen LogP) is 3.64. The molecule has 0 fully saturated rings. The second-order valence-electron chi connectivity index (χ2n) is 5.73. The number of furan rings is 1. The second-order valence-corrected chi connectivity index (χ2v) is 6.93. The Balaban J connectivity index is 1.86. The number of thiazole rings is 1. The first-order chi connectivity index (χ1) is 11.0. The lowest BCUT2D eigenvalue weighted by Gasteiger charge is -2.16. The van der Waals surface area contributed by atoms with E-state index in [4.69, 9.17) is 14.9 Å². The Labute approximate surface area is 137 Å². The van der Waals surface area contributed by atoms with Crippen molar-refractivity contribution in [1.82, 2.24) is 4.98 Å². The van der Waals surface area contributed by atoms with Crippen LogP contribution in [0.25, 0.3) is 11.0 Å². The Kier molecular flexibility index (Phi) is 3.16. The van der Waals surface area contributed by atoms with Crippen molar-refractivity contribution < 1.29 is 13.9 Å². The van der Waals surface area contributed by atoms with Gasteiger partial charge in [0.05, 0.1) is 23.0 Å². The molecule has 0 aliphatic carbocycles. The Morgan fingerprint density at radius 2 is 2.17 bits per heavy atom. The number of aromatic nitrogens is 1. The van der Waals surface area contributed by atoms with Gasteiger partial charge in [-0.3, -0.25) is 4.79 Å². The lowest BCUT2D eigenvalue weighted by Crippen LogP contribution is -2.07. The molecule has 0 saturated heterocycles. The highest BCUT2D eigenvalue weighted by atomic mass is 32.1. The molecule has 6 heteroatoms. The van der Waals surface area contributed by atoms with Crippen molar-refractivity contribution >= 4 is 33.8 Å². The van der Waals surface area contributed by atoms with Gasteiger partial charge in [0.25, 0.3) is 0 Å². The van der Waals surface area contributed by atoms with Gasteiger partial charge in [-0.25, -0.2) is 4.98 Å². The molecule has 0 bridgehead atoms. The molecule has 1 aliphatic heterocycles. The van der Waals surface area contributed by atoms with Crippen molar-refractivity contribution in [2.75, 3.05) is 12.3 Å². The molecule has 3 aromatic rings. The van der Waals surface area contributed by atoms with Crippen molar-refractivity contribution in [2.24, 2.45) is 0 Å². The summed E-state index contributed by atoms with van der Waals surface area (Å²) in [6.45, 7) is 4.41. The minimum absolute atomic E-state index is 0.189. The monoisotopic (exact) mass is 328 g/mol. The van der Waals surface area contributed by atoms with E-state index in [0.29, 0.717) is 28.4 Å². The lowest BCUT2D eigenvalue weighted by atomic mass is 10.0. The highest BCUT2D eigenvalue weighted by Gasteiger charge is 2.25. The summed E-state index contributed by atoms with van der Waals surface area (Å²) in [5, 5.41) is 1.63. The molecule has 2 N–H and O–H groups in total. The van der Waals surface area contributed by atoms with Crippen molar-refractivity contribution in [1.29, 1.82) is 0 Å². The maximum Gasteiger partial charge on any atom is 0.242 e. The summed E-state index contributed by atoms with van der Waals surface area (Å²) in [5.41, 5.74) is 9.00. The number of carbonyl (C=O) groups excluding carboxylic acids is 1. The van der Waals surface area contributed by atoms with E-state index in [-0.39, 0.29) is 11.5 Å². The van der Waals surface area contributed by atoms with Crippen LogP contribution in [0, 0.1) is 13.8 Å². The summed E-state index contributed by atoms with van der Waals surface area (Å²) in [6.07, 6.45) is 1.94. The van der Waals surface area contributed by atoms with Crippen LogP contribution < -0.4 is 10.5 Å². The summed E-state index contributed by atoms with van der Waals surface area (Å²) < 4.78 is 11.4. The SMILES string of the molecule is Cc1nc(C)c(C(=O)c2oc3cc4c(cc3c2N)CCCO4)s1. The van der Waals surface area contributed by atoms with Crippen LogP contribution in [0.4, 0.5) is 5.69 Å². The summed E-state index contributed by atoms with van der Waals surface area (Å²) in [5.74, 6) is 0.802. The third-order valence-corrected chi connectivity index (χ3v) is 5.15. The molecule has 0 saturated carbocycles. The zero-order chi connectivity index (χ0) is 16.1. The molecule has 5 nitrogen and oxygen atoms in total. The van der Waals surface area contributed by atoms with Gasteiger partial charge in [0.1, 0.15) is 16.2 Å². The zero-order valence-corrected chi connectivity index (χ0v) is 13.8. The normalized spacial score (nSPS) is 13.8. The maximum absolute atomic E-state index is 12.8. The fraction of sp³-hybridized carbons (Fsp3) is 0.294. The van der Waals surface area contributed by atoms with Gasteiger partial charge in [0.2, 0.25) is 5.78 Å². The Morgan fingerprint density at radius 3 is 2.91 bits per heavy atom. The van der Waals surface area contributed by atoms with Gasteiger partial charge in [-0.2, -0.15) is 0 Å². The van der Waals surface area contributed by atoms with Gasteiger partial charge in [-0.05, 0) is 38.3 Å². The quantitative estimate of drug-likeness (QED) is 0.727. The van der Waals surface area contributed by atoms with Crippen LogP contribution >= 0.6 is 11.3 Å². The molecule has 4 rings (SSSR count). The Bertz CT molecular complexity index is 939. The molecule has 1 aliphatic rings. The van der Waals surface area contributed by atoms with Gasteiger partial charge in [-0.1, -0.05) is 0 Å². The van der Waals surface area contributed by atoms with E-state index >= 15 is 0 Å². The summed E-state index contributed by atoms with van der Waals surface area (Å²) in [7, 11) is 0. The topological polar surface area (TPSA) is 78.4 Å². The molecule has 1 aromatic carbocycles. The largest absolute Gasteiger partial charge is 0.493 e. The number of nitrogens with two attached hydrogens (primary N) is 1. The summed E-state index contributed by atoms with van der Waals surface area (Å²) in [4.78, 5) is 17.6. The van der Waals surface area contributed by atoms with Gasteiger partial charge in [0, 0.05) is 11.5 Å². The molecular formula is C17H16N2O3S. The Hall–Kier alpha value is -2.34. The molecule has 118 valence electrons. The highest BCUT2D eigenvalue weighted by Crippen LogP contribution is 2.37. The van der Waals surface area contributed by atoms with Crippen LogP contribution in [0.5, 0.6) is 5.75 Å². The van der Waals surface area contributed by atoms with Gasteiger partial charge < -0.3 is 14.9 Å². The van der Waals surface area contributed by atoms with E-state index in [2.05, 4.69) is 4.98 Å². The fourth-order valence-corrected chi connectivity index (χ4v) is 3.83. The smallest absolute Gasteiger partial charge is 0.242 e. The van der Waals surface area contributed by atoms with Crippen LogP contribution in [0.15, 0.2) is 16.5 Å². The molecular weight excluding hydrogens is 312 g/mol. The van der Waals surface area contributed by atoms with Crippen molar-refractivity contribution in [3.8, 4) is 5.75 Å². The number of ketones is 1. The summed E-state index contributed by atoms with van der Waals surface area (Å²) >= 11 is 1.36. The number of aryl methyl sites for hydroxylation is 3. The van der Waals surface area contributed by atoms with E-state index in [9.17, 15) is 4.79 Å². The van der Waals surface area contributed by atoms with E-state index in [1.807, 2.05) is 26.0 Å². The first-order valence-corrected chi connectivity index (χ1v) is 8.32. The molecule has 2 aromatic heterocycles. The molecule has 0 radical (unpaired) electrons. The fourth-order valence-electron chi connectivity index (χ4n) is 2.98. The van der Waals surface area contributed by atoms with Crippen molar-refractivity contribution in [2.45, 2.75) is 26.7 Å². The van der Waals surface area contributed by atoms with Crippen molar-refractivity contribution in [3.05, 3.63) is 39.0 Å². The van der Waals surface area contributed by atoms with E-state index in [1.54, 1.807) is 0 Å². The average molecular weight is 328 g/mol. The van der Waals surface area contributed by atoms with Crippen LogP contribution in [0.2, 0.25) is 0 Å². The lowest BCUT2D eigenvalue weighted by molar-refractivity contribution is 0.101. The molecule has 23 heavy (non-hydrogen) atoms. The molecule has 0 unspecified atom stereocenters. The standard InChI is InChI=1S/C17H16N2O3S/c1-8-17(23-9(2)19-8)15(20)16-14(18)11-6-10-4-3-5-21-12(10)7-13(11)22-16/h6-7H,3-5,18H2,1-2H3. The first kappa shape index (κ1) is 14.3. The number of ether oxygens (including phenoxy) is 1. The van der Waals surface area contributed by atoms with Gasteiger partial charge >= 0.3 is 0 Å². The number of nitrogen functional groups attached to an aromatic ring is 1. The van der Waals surface area contributed by atoms with Crippen molar-refractivity contribution in [3.63, 3.8) is 0 Å². The van der Waals surface area contributed by atoms with Gasteiger partial charge in [-0.15, -0.1) is 11.3 Å². The minimum atomic E-state index is -0.208. The Morgan fingerprint density at radius 1 is 1.35 bits per heavy atom. The molecule has 0 atom stereocenters. The van der Waals surface area contributed by atoms with Crippen LogP contribution in [0.3, 0.4) is 0 Å². The number of nitrogens with zero attached hydrogens (tertiary/aromatic N) is 1. The van der Waals surface area contributed by atoms with E-state index in [0.717, 1.165) is 34.5 Å². The number of carbonyl (C=O) groups is 1. The number of hydrogen-bond donors (Lipinski definition) is 1. The van der Waals surface area contributed by atoms with E-state index in [1.165, 1.54) is 11.3 Å². The minimum Gasteiger partial charge on any atom is -0.493 e. The van der Waals surface area contributed by atoms with Crippen LogP contribution in [-0.2, 0) is 6.42 Å². The van der Waals surface area contributed by atoms with Gasteiger partial charge in [0.15, 0.2) is 5.76 Å². The number of fused-ring (bicyclic) bond motifs is 2. The number of benzene rings is 1. The number of hydrogen-bond acceptors (Lipinski definition) is 6. The summed E-state index contributed by atoms with van der Waals surface area (Å²) in [6, 6.07) is 3.81. The second kappa shape index (κ2) is 5.09. The number of anilines is 1.